The van der Waals surface area contributed by atoms with Gasteiger partial charge in [-0.25, -0.2) is 0 Å². The van der Waals surface area contributed by atoms with Gasteiger partial charge in [0, 0.05) is 17.0 Å². The molecule has 24 heavy (non-hydrogen) atoms. The molecule has 0 aliphatic carbocycles. The van der Waals surface area contributed by atoms with E-state index < -0.39 is 0 Å². The van der Waals surface area contributed by atoms with Crippen LogP contribution in [-0.4, -0.2) is 6.54 Å². The van der Waals surface area contributed by atoms with E-state index in [1.807, 2.05) is 24.3 Å². The number of furan rings is 1. The van der Waals surface area contributed by atoms with E-state index in [-0.39, 0.29) is 12.0 Å². The molecule has 0 saturated carbocycles. The predicted octanol–water partition coefficient (Wildman–Crippen LogP) is 5.81. The van der Waals surface area contributed by atoms with E-state index in [0.717, 1.165) is 23.7 Å². The van der Waals surface area contributed by atoms with Crippen molar-refractivity contribution in [2.75, 3.05) is 6.54 Å². The summed E-state index contributed by atoms with van der Waals surface area (Å²) in [7, 11) is 0. The lowest BCUT2D eigenvalue weighted by Gasteiger charge is -2.19. The maximum Gasteiger partial charge on any atom is 0.111 e. The number of benzene rings is 2. The van der Waals surface area contributed by atoms with Crippen LogP contribution in [0.25, 0.3) is 0 Å². The fourth-order valence-corrected chi connectivity index (χ4v) is 3.09. The maximum absolute atomic E-state index is 5.96. The number of nitrogens with one attached hydrogen (secondary N) is 1. The van der Waals surface area contributed by atoms with Crippen molar-refractivity contribution in [2.45, 2.75) is 25.3 Å². The van der Waals surface area contributed by atoms with Gasteiger partial charge in [-0.1, -0.05) is 54.1 Å². The number of hydrogen-bond acceptors (Lipinski definition) is 2. The first-order valence-corrected chi connectivity index (χ1v) is 8.69. The van der Waals surface area contributed by atoms with Crippen molar-refractivity contribution in [1.29, 1.82) is 0 Å². The lowest BCUT2D eigenvalue weighted by Crippen LogP contribution is -2.21. The second-order valence-electron chi connectivity index (χ2n) is 5.99. The van der Waals surface area contributed by atoms with E-state index in [4.69, 9.17) is 16.0 Å². The molecule has 0 aliphatic rings. The van der Waals surface area contributed by atoms with Gasteiger partial charge in [0.25, 0.3) is 0 Å². The molecule has 2 nitrogen and oxygen atoms in total. The van der Waals surface area contributed by atoms with Crippen LogP contribution in [0.5, 0.6) is 0 Å². The molecular formula is C21H22ClNO. The van der Waals surface area contributed by atoms with Crippen molar-refractivity contribution in [3.8, 4) is 0 Å². The molecule has 0 spiro atoms. The Morgan fingerprint density at radius 2 is 1.67 bits per heavy atom. The average molecular weight is 340 g/mol. The van der Waals surface area contributed by atoms with E-state index in [2.05, 4.69) is 54.7 Å². The Hall–Kier alpha value is -2.03. The Balaban J connectivity index is 1.63. The van der Waals surface area contributed by atoms with E-state index in [0.29, 0.717) is 0 Å². The van der Waals surface area contributed by atoms with Gasteiger partial charge in [-0.15, -0.1) is 0 Å². The Bertz CT molecular complexity index is 722. The summed E-state index contributed by atoms with van der Waals surface area (Å²) < 4.78 is 5.66. The van der Waals surface area contributed by atoms with E-state index in [1.165, 1.54) is 11.1 Å². The molecule has 1 heterocycles. The molecule has 1 aromatic heterocycles. The number of hydrogen-bond donors (Lipinski definition) is 1. The second-order valence-corrected chi connectivity index (χ2v) is 6.43. The summed E-state index contributed by atoms with van der Waals surface area (Å²) in [6.45, 7) is 3.08. The predicted molar refractivity (Wildman–Crippen MR) is 99.5 cm³/mol. The molecule has 0 saturated heterocycles. The van der Waals surface area contributed by atoms with Crippen molar-refractivity contribution in [1.82, 2.24) is 5.32 Å². The van der Waals surface area contributed by atoms with Gasteiger partial charge < -0.3 is 9.73 Å². The minimum Gasteiger partial charge on any atom is -0.469 e. The highest BCUT2D eigenvalue weighted by Gasteiger charge is 2.17. The van der Waals surface area contributed by atoms with E-state index in [9.17, 15) is 0 Å². The summed E-state index contributed by atoms with van der Waals surface area (Å²) in [6.07, 6.45) is 2.73. The summed E-state index contributed by atoms with van der Waals surface area (Å²) in [5.41, 5.74) is 2.53. The molecule has 0 fully saturated rings. The normalized spacial score (nSPS) is 13.6. The second kappa shape index (κ2) is 8.18. The van der Waals surface area contributed by atoms with Crippen LogP contribution in [0.2, 0.25) is 5.02 Å². The molecule has 2 aromatic carbocycles. The highest BCUT2D eigenvalue weighted by atomic mass is 35.5. The Kier molecular flexibility index (Phi) is 5.73. The standard InChI is InChI=1S/C21H22ClNO/c1-16(17-9-11-19(22)12-10-17)23-14-13-20(21-8-5-15-24-21)18-6-3-2-4-7-18/h2-12,15-16,20,23H,13-14H2,1H3. The highest BCUT2D eigenvalue weighted by Crippen LogP contribution is 2.28. The average Bonchev–Trinajstić information content (AvgIpc) is 3.14. The maximum atomic E-state index is 5.96. The Morgan fingerprint density at radius 1 is 0.917 bits per heavy atom. The molecule has 3 aromatic rings. The zero-order valence-electron chi connectivity index (χ0n) is 13.8. The van der Waals surface area contributed by atoms with E-state index in [1.54, 1.807) is 6.26 Å². The van der Waals surface area contributed by atoms with Crippen molar-refractivity contribution < 1.29 is 4.42 Å². The van der Waals surface area contributed by atoms with Crippen LogP contribution in [0.3, 0.4) is 0 Å². The van der Waals surface area contributed by atoms with Gasteiger partial charge in [-0.3, -0.25) is 0 Å². The Labute approximate surface area is 148 Å². The zero-order valence-corrected chi connectivity index (χ0v) is 14.5. The molecule has 0 aliphatic heterocycles. The highest BCUT2D eigenvalue weighted by molar-refractivity contribution is 6.30. The molecule has 2 unspecified atom stereocenters. The van der Waals surface area contributed by atoms with Crippen LogP contribution in [0.4, 0.5) is 0 Å². The summed E-state index contributed by atoms with van der Waals surface area (Å²) in [6, 6.07) is 22.8. The van der Waals surface area contributed by atoms with Gasteiger partial charge in [0.05, 0.1) is 6.26 Å². The van der Waals surface area contributed by atoms with Crippen molar-refractivity contribution in [3.05, 3.63) is 94.9 Å². The molecule has 2 atom stereocenters. The van der Waals surface area contributed by atoms with Gasteiger partial charge in [-0.2, -0.15) is 0 Å². The van der Waals surface area contributed by atoms with E-state index >= 15 is 0 Å². The minimum absolute atomic E-state index is 0.270. The van der Waals surface area contributed by atoms with Crippen LogP contribution in [0.15, 0.2) is 77.4 Å². The SMILES string of the molecule is CC(NCCC(c1ccccc1)c1ccco1)c1ccc(Cl)cc1. The lowest BCUT2D eigenvalue weighted by molar-refractivity contribution is 0.457. The molecule has 1 N–H and O–H groups in total. The molecule has 0 radical (unpaired) electrons. The lowest BCUT2D eigenvalue weighted by atomic mass is 9.93. The third-order valence-electron chi connectivity index (χ3n) is 4.34. The van der Waals surface area contributed by atoms with Gasteiger partial charge >= 0.3 is 0 Å². The first-order valence-electron chi connectivity index (χ1n) is 8.31. The summed E-state index contributed by atoms with van der Waals surface area (Å²) in [5, 5.41) is 4.37. The fourth-order valence-electron chi connectivity index (χ4n) is 2.96. The molecular weight excluding hydrogens is 318 g/mol. The molecule has 3 rings (SSSR count). The Morgan fingerprint density at radius 3 is 2.33 bits per heavy atom. The van der Waals surface area contributed by atoms with Crippen LogP contribution in [-0.2, 0) is 0 Å². The van der Waals surface area contributed by atoms with Crippen molar-refractivity contribution in [3.63, 3.8) is 0 Å². The van der Waals surface area contributed by atoms with Crippen molar-refractivity contribution >= 4 is 11.6 Å². The topological polar surface area (TPSA) is 25.2 Å². The third kappa shape index (κ3) is 4.28. The first-order chi connectivity index (χ1) is 11.7. The van der Waals surface area contributed by atoms with Gasteiger partial charge in [-0.05, 0) is 55.3 Å². The summed E-state index contributed by atoms with van der Waals surface area (Å²) in [4.78, 5) is 0. The zero-order chi connectivity index (χ0) is 16.8. The van der Waals surface area contributed by atoms with Crippen LogP contribution in [0, 0.1) is 0 Å². The minimum atomic E-state index is 0.270. The quantitative estimate of drug-likeness (QED) is 0.588. The fraction of sp³-hybridized carbons (Fsp3) is 0.238. The smallest absolute Gasteiger partial charge is 0.111 e. The van der Waals surface area contributed by atoms with Gasteiger partial charge in [0.2, 0.25) is 0 Å². The third-order valence-corrected chi connectivity index (χ3v) is 4.59. The van der Waals surface area contributed by atoms with Gasteiger partial charge in [0.1, 0.15) is 5.76 Å². The largest absolute Gasteiger partial charge is 0.469 e. The molecule has 0 bridgehead atoms. The monoisotopic (exact) mass is 339 g/mol. The molecule has 0 amide bonds. The molecule has 124 valence electrons. The first kappa shape index (κ1) is 16.8. The van der Waals surface area contributed by atoms with Crippen LogP contribution in [0.1, 0.15) is 42.2 Å². The summed E-state index contributed by atoms with van der Waals surface area (Å²) in [5.74, 6) is 1.29. The van der Waals surface area contributed by atoms with Crippen LogP contribution < -0.4 is 5.32 Å². The van der Waals surface area contributed by atoms with Crippen molar-refractivity contribution in [2.24, 2.45) is 0 Å². The number of halogens is 1. The van der Waals surface area contributed by atoms with Crippen LogP contribution >= 0.6 is 11.6 Å². The molecule has 3 heteroatoms. The summed E-state index contributed by atoms with van der Waals surface area (Å²) >= 11 is 5.96. The number of rotatable bonds is 7. The van der Waals surface area contributed by atoms with Gasteiger partial charge in [0.15, 0.2) is 0 Å².